The van der Waals surface area contributed by atoms with Gasteiger partial charge in [-0.15, -0.1) is 0 Å². The summed E-state index contributed by atoms with van der Waals surface area (Å²) in [5.74, 6) is 4.81. The van der Waals surface area contributed by atoms with Crippen molar-refractivity contribution >= 4 is 11.8 Å². The van der Waals surface area contributed by atoms with Gasteiger partial charge in [0.25, 0.3) is 0 Å². The smallest absolute Gasteiger partial charge is 0.307 e. The number of fused-ring (bicyclic) bond motifs is 5. The minimum Gasteiger partial charge on any atom is -0.462 e. The predicted octanol–water partition coefficient (Wildman–Crippen LogP) is 5.88. The first-order valence-electron chi connectivity index (χ1n) is 14.1. The molecule has 1 saturated heterocycles. The van der Waals surface area contributed by atoms with Crippen LogP contribution in [0.4, 0.5) is 0 Å². The first kappa shape index (κ1) is 23.8. The molecule has 0 aromatic carbocycles. The summed E-state index contributed by atoms with van der Waals surface area (Å²) < 4.78 is 6.24. The number of carbonyl (C=O) groups is 2. The molecule has 0 spiro atoms. The molecule has 0 unspecified atom stereocenters. The zero-order valence-corrected chi connectivity index (χ0v) is 21.6. The summed E-state index contributed by atoms with van der Waals surface area (Å²) in [5, 5.41) is 0. The fraction of sp³-hybridized carbons (Fsp3) is 0.931. The summed E-state index contributed by atoms with van der Waals surface area (Å²) in [5.41, 5.74) is 0.508. The molecule has 0 amide bonds. The van der Waals surface area contributed by atoms with Crippen LogP contribution in [0.15, 0.2) is 0 Å². The van der Waals surface area contributed by atoms with E-state index >= 15 is 0 Å². The normalized spacial score (nSPS) is 48.0. The van der Waals surface area contributed by atoms with E-state index in [1.807, 2.05) is 0 Å². The van der Waals surface area contributed by atoms with Gasteiger partial charge in [0.1, 0.15) is 11.9 Å². The molecule has 0 N–H and O–H groups in total. The van der Waals surface area contributed by atoms with Gasteiger partial charge in [0.2, 0.25) is 0 Å². The van der Waals surface area contributed by atoms with Crippen LogP contribution < -0.4 is 0 Å². The molecule has 4 nitrogen and oxygen atoms in total. The molecule has 9 atom stereocenters. The average molecular weight is 458 g/mol. The van der Waals surface area contributed by atoms with Gasteiger partial charge in [0.15, 0.2) is 0 Å². The first-order chi connectivity index (χ1) is 15.7. The number of hydrogen-bond donors (Lipinski definition) is 0. The number of rotatable bonds is 4. The van der Waals surface area contributed by atoms with E-state index in [9.17, 15) is 9.59 Å². The second-order valence-corrected chi connectivity index (χ2v) is 13.5. The third-order valence-corrected chi connectivity index (χ3v) is 11.2. The molecular formula is C29H47NO3. The fourth-order valence-corrected chi connectivity index (χ4v) is 9.63. The summed E-state index contributed by atoms with van der Waals surface area (Å²) in [6.07, 6.45) is 11.9. The van der Waals surface area contributed by atoms with Crippen LogP contribution in [0.5, 0.6) is 0 Å². The standard InChI is InChI=1S/C29H47NO3/c1-19-15-20(2)18-30(17-19)14-11-27(32)33-26-8-7-24-23-6-5-21-16-22(31)9-12-28(21,3)25(23)10-13-29(24,26)4/h19-21,23-26H,5-18H2,1-4H3/t19-,20+,21-,23-,24-,25-,26+,28-,29-/m0/s1. The Bertz CT molecular complexity index is 756. The number of nitrogens with zero attached hydrogens (tertiary/aromatic N) is 1. The van der Waals surface area contributed by atoms with Gasteiger partial charge in [0.05, 0.1) is 6.42 Å². The Kier molecular flexibility index (Phi) is 6.46. The zero-order valence-electron chi connectivity index (χ0n) is 21.6. The number of ether oxygens (including phenoxy) is 1. The average Bonchev–Trinajstić information content (AvgIpc) is 3.08. The van der Waals surface area contributed by atoms with Gasteiger partial charge >= 0.3 is 5.97 Å². The highest BCUT2D eigenvalue weighted by atomic mass is 16.5. The number of hydrogen-bond acceptors (Lipinski definition) is 4. The number of Topliss-reactive ketones (excluding diaryl/α,β-unsaturated/α-hetero) is 1. The molecule has 186 valence electrons. The molecule has 33 heavy (non-hydrogen) atoms. The fourth-order valence-electron chi connectivity index (χ4n) is 9.63. The lowest BCUT2D eigenvalue weighted by Gasteiger charge is -2.60. The van der Waals surface area contributed by atoms with Gasteiger partial charge in [-0.05, 0) is 92.3 Å². The van der Waals surface area contributed by atoms with Crippen LogP contribution >= 0.6 is 0 Å². The Balaban J connectivity index is 1.19. The zero-order chi connectivity index (χ0) is 23.4. The van der Waals surface area contributed by atoms with E-state index in [1.54, 1.807) is 0 Å². The molecule has 4 saturated carbocycles. The summed E-state index contributed by atoms with van der Waals surface area (Å²) in [6, 6.07) is 0. The van der Waals surface area contributed by atoms with Crippen LogP contribution in [0.3, 0.4) is 0 Å². The van der Waals surface area contributed by atoms with Crippen LogP contribution in [0, 0.1) is 46.3 Å². The Labute approximate surface area is 201 Å². The lowest BCUT2D eigenvalue weighted by atomic mass is 9.45. The maximum atomic E-state index is 12.9. The highest BCUT2D eigenvalue weighted by Gasteiger charge is 2.61. The molecule has 0 aromatic heterocycles. The molecule has 5 fully saturated rings. The molecule has 0 aromatic rings. The lowest BCUT2D eigenvalue weighted by molar-refractivity contribution is -0.164. The molecule has 0 bridgehead atoms. The van der Waals surface area contributed by atoms with Gasteiger partial charge in [-0.1, -0.05) is 27.7 Å². The van der Waals surface area contributed by atoms with E-state index in [0.717, 1.165) is 69.0 Å². The van der Waals surface area contributed by atoms with Crippen molar-refractivity contribution in [1.29, 1.82) is 0 Å². The summed E-state index contributed by atoms with van der Waals surface area (Å²) in [7, 11) is 0. The van der Waals surface area contributed by atoms with Gasteiger partial charge < -0.3 is 9.64 Å². The number of piperidine rings is 1. The molecule has 4 heteroatoms. The summed E-state index contributed by atoms with van der Waals surface area (Å²) in [4.78, 5) is 27.5. The van der Waals surface area contributed by atoms with Crippen molar-refractivity contribution in [1.82, 2.24) is 4.90 Å². The van der Waals surface area contributed by atoms with Gasteiger partial charge in [-0.2, -0.15) is 0 Å². The summed E-state index contributed by atoms with van der Waals surface area (Å²) >= 11 is 0. The lowest BCUT2D eigenvalue weighted by Crippen LogP contribution is -2.54. The minimum atomic E-state index is 0.0244. The van der Waals surface area contributed by atoms with E-state index < -0.39 is 0 Å². The number of ketones is 1. The van der Waals surface area contributed by atoms with E-state index in [-0.39, 0.29) is 17.5 Å². The largest absolute Gasteiger partial charge is 0.462 e. The van der Waals surface area contributed by atoms with Gasteiger partial charge in [-0.25, -0.2) is 0 Å². The van der Waals surface area contributed by atoms with Crippen LogP contribution in [0.2, 0.25) is 0 Å². The van der Waals surface area contributed by atoms with Crippen molar-refractivity contribution in [2.24, 2.45) is 46.3 Å². The monoisotopic (exact) mass is 457 g/mol. The second kappa shape index (κ2) is 8.95. The van der Waals surface area contributed by atoms with E-state index in [1.165, 1.54) is 38.5 Å². The Morgan fingerprint density at radius 2 is 1.70 bits per heavy atom. The van der Waals surface area contributed by atoms with Gasteiger partial charge in [-0.3, -0.25) is 9.59 Å². The highest BCUT2D eigenvalue weighted by Crippen LogP contribution is 2.66. The maximum Gasteiger partial charge on any atom is 0.307 e. The third kappa shape index (κ3) is 4.32. The van der Waals surface area contributed by atoms with Crippen molar-refractivity contribution in [2.45, 2.75) is 104 Å². The molecule has 1 aliphatic heterocycles. The maximum absolute atomic E-state index is 12.9. The van der Waals surface area contributed by atoms with E-state index in [2.05, 4.69) is 32.6 Å². The van der Waals surface area contributed by atoms with Crippen molar-refractivity contribution < 1.29 is 14.3 Å². The van der Waals surface area contributed by atoms with Crippen LogP contribution in [-0.2, 0) is 14.3 Å². The molecule has 0 radical (unpaired) electrons. The van der Waals surface area contributed by atoms with Crippen LogP contribution in [-0.4, -0.2) is 42.4 Å². The van der Waals surface area contributed by atoms with Crippen molar-refractivity contribution in [2.75, 3.05) is 19.6 Å². The first-order valence-corrected chi connectivity index (χ1v) is 14.1. The Morgan fingerprint density at radius 3 is 2.45 bits per heavy atom. The van der Waals surface area contributed by atoms with E-state index in [4.69, 9.17) is 4.74 Å². The Hall–Kier alpha value is -0.900. The molecular weight excluding hydrogens is 410 g/mol. The van der Waals surface area contributed by atoms with Crippen molar-refractivity contribution in [3.8, 4) is 0 Å². The van der Waals surface area contributed by atoms with Gasteiger partial charge in [0, 0.05) is 37.9 Å². The summed E-state index contributed by atoms with van der Waals surface area (Å²) in [6.45, 7) is 12.7. The van der Waals surface area contributed by atoms with Crippen molar-refractivity contribution in [3.05, 3.63) is 0 Å². The quantitative estimate of drug-likeness (QED) is 0.495. The molecule has 5 aliphatic rings. The van der Waals surface area contributed by atoms with Crippen LogP contribution in [0.1, 0.15) is 98.3 Å². The van der Waals surface area contributed by atoms with Crippen LogP contribution in [0.25, 0.3) is 0 Å². The SMILES string of the molecule is C[C@@H]1C[C@H](C)CN(CCC(=O)O[C@@H]2CC[C@H]3[C@@H]4CC[C@H]5CC(=O)CC[C@]5(C)[C@H]4CC[C@]23C)C1. The molecule has 4 aliphatic carbocycles. The highest BCUT2D eigenvalue weighted by molar-refractivity contribution is 5.79. The Morgan fingerprint density at radius 1 is 0.970 bits per heavy atom. The molecule has 1 heterocycles. The predicted molar refractivity (Wildman–Crippen MR) is 131 cm³/mol. The third-order valence-electron chi connectivity index (χ3n) is 11.2. The minimum absolute atomic E-state index is 0.0244. The van der Waals surface area contributed by atoms with Crippen molar-refractivity contribution in [3.63, 3.8) is 0 Å². The number of carbonyl (C=O) groups excluding carboxylic acids is 2. The number of esters is 1. The number of likely N-dealkylation sites (tertiary alicyclic amines) is 1. The topological polar surface area (TPSA) is 46.6 Å². The molecule has 5 rings (SSSR count). The van der Waals surface area contributed by atoms with E-state index in [0.29, 0.717) is 29.5 Å². The second-order valence-electron chi connectivity index (χ2n) is 13.5.